The Bertz CT molecular complexity index is 522. The number of benzene rings is 1. The minimum atomic E-state index is 0.198. The predicted octanol–water partition coefficient (Wildman–Crippen LogP) is 5.34. The van der Waals surface area contributed by atoms with Crippen LogP contribution in [0, 0.1) is 0 Å². The number of hydrogen-bond acceptors (Lipinski definition) is 2. The fourth-order valence-electron chi connectivity index (χ4n) is 3.65. The quantitative estimate of drug-likeness (QED) is 0.787. The summed E-state index contributed by atoms with van der Waals surface area (Å²) in [5.41, 5.74) is 4.21. The molecule has 0 spiro atoms. The Kier molecular flexibility index (Phi) is 5.45. The van der Waals surface area contributed by atoms with Gasteiger partial charge in [-0.25, -0.2) is 0 Å². The molecule has 0 saturated heterocycles. The van der Waals surface area contributed by atoms with Gasteiger partial charge in [0, 0.05) is 35.4 Å². The summed E-state index contributed by atoms with van der Waals surface area (Å²) in [4.78, 5) is 2.55. The highest BCUT2D eigenvalue weighted by molar-refractivity contribution is 6.31. The van der Waals surface area contributed by atoms with Crippen LogP contribution in [0.5, 0.6) is 0 Å². The van der Waals surface area contributed by atoms with Crippen molar-refractivity contribution in [2.45, 2.75) is 78.4 Å². The van der Waals surface area contributed by atoms with E-state index in [1.165, 1.54) is 23.2 Å². The molecule has 1 aromatic carbocycles. The highest BCUT2D eigenvalue weighted by Gasteiger charge is 2.36. The maximum absolute atomic E-state index is 6.58. The van der Waals surface area contributed by atoms with Crippen molar-refractivity contribution in [3.05, 3.63) is 28.3 Å². The van der Waals surface area contributed by atoms with E-state index in [-0.39, 0.29) is 5.54 Å². The summed E-state index contributed by atoms with van der Waals surface area (Å²) in [7, 11) is 0. The number of fused-ring (bicyclic) bond motifs is 1. The predicted molar refractivity (Wildman–Crippen MR) is 98.2 cm³/mol. The molecule has 1 N–H and O–H groups in total. The lowest BCUT2D eigenvalue weighted by atomic mass is 9.79. The van der Waals surface area contributed by atoms with Gasteiger partial charge in [0.2, 0.25) is 0 Å². The molecule has 0 aliphatic carbocycles. The standard InChI is InChI=1S/C19H31ClN2/c1-7-8-22-18-10-17(20)15(12-21-13(2)3)9-16(18)14(4)11-19(22,5)6/h9-10,13-14,21H,7-8,11-12H2,1-6H3. The van der Waals surface area contributed by atoms with Gasteiger partial charge in [0.25, 0.3) is 0 Å². The Labute approximate surface area is 141 Å². The molecule has 22 heavy (non-hydrogen) atoms. The Morgan fingerprint density at radius 2 is 2.05 bits per heavy atom. The van der Waals surface area contributed by atoms with Crippen LogP contribution in [-0.2, 0) is 6.54 Å². The van der Waals surface area contributed by atoms with E-state index in [4.69, 9.17) is 11.6 Å². The van der Waals surface area contributed by atoms with E-state index in [0.717, 1.165) is 24.5 Å². The van der Waals surface area contributed by atoms with Crippen molar-refractivity contribution < 1.29 is 0 Å². The van der Waals surface area contributed by atoms with Crippen LogP contribution in [0.1, 0.15) is 71.4 Å². The Morgan fingerprint density at radius 3 is 2.64 bits per heavy atom. The van der Waals surface area contributed by atoms with E-state index in [9.17, 15) is 0 Å². The van der Waals surface area contributed by atoms with Crippen LogP contribution in [0.2, 0.25) is 5.02 Å². The molecule has 0 radical (unpaired) electrons. The maximum Gasteiger partial charge on any atom is 0.0471 e. The number of anilines is 1. The molecule has 2 rings (SSSR count). The first kappa shape index (κ1) is 17.6. The summed E-state index contributed by atoms with van der Waals surface area (Å²) in [6.45, 7) is 15.6. The SMILES string of the molecule is CCCN1c2cc(Cl)c(CNC(C)C)cc2C(C)CC1(C)C. The lowest BCUT2D eigenvalue weighted by Gasteiger charge is -2.48. The largest absolute Gasteiger partial charge is 0.366 e. The lowest BCUT2D eigenvalue weighted by molar-refractivity contribution is 0.376. The van der Waals surface area contributed by atoms with Crippen LogP contribution >= 0.6 is 11.6 Å². The summed E-state index contributed by atoms with van der Waals surface area (Å²) in [5.74, 6) is 0.577. The second-order valence-electron chi connectivity index (χ2n) is 7.61. The highest BCUT2D eigenvalue weighted by atomic mass is 35.5. The monoisotopic (exact) mass is 322 g/mol. The molecule has 0 amide bonds. The van der Waals surface area contributed by atoms with Crippen LogP contribution in [-0.4, -0.2) is 18.1 Å². The molecule has 0 aromatic heterocycles. The van der Waals surface area contributed by atoms with E-state index < -0.39 is 0 Å². The molecule has 1 aliphatic heterocycles. The van der Waals surface area contributed by atoms with Crippen molar-refractivity contribution in [3.8, 4) is 0 Å². The van der Waals surface area contributed by atoms with Gasteiger partial charge in [0.1, 0.15) is 0 Å². The van der Waals surface area contributed by atoms with Crippen molar-refractivity contribution >= 4 is 17.3 Å². The van der Waals surface area contributed by atoms with Crippen LogP contribution in [0.4, 0.5) is 5.69 Å². The summed E-state index contributed by atoms with van der Waals surface area (Å²) >= 11 is 6.58. The first-order valence-corrected chi connectivity index (χ1v) is 8.97. The Hall–Kier alpha value is -0.730. The zero-order chi connectivity index (χ0) is 16.5. The van der Waals surface area contributed by atoms with E-state index in [1.54, 1.807) is 0 Å². The van der Waals surface area contributed by atoms with Gasteiger partial charge in [-0.15, -0.1) is 0 Å². The number of nitrogens with zero attached hydrogens (tertiary/aromatic N) is 1. The van der Waals surface area contributed by atoms with E-state index >= 15 is 0 Å². The van der Waals surface area contributed by atoms with Gasteiger partial charge in [-0.3, -0.25) is 0 Å². The average Bonchev–Trinajstić information content (AvgIpc) is 2.41. The molecule has 1 aliphatic rings. The van der Waals surface area contributed by atoms with E-state index in [0.29, 0.717) is 12.0 Å². The fourth-order valence-corrected chi connectivity index (χ4v) is 3.87. The first-order valence-electron chi connectivity index (χ1n) is 8.59. The van der Waals surface area contributed by atoms with Crippen molar-refractivity contribution in [2.24, 2.45) is 0 Å². The van der Waals surface area contributed by atoms with Crippen LogP contribution in [0.15, 0.2) is 12.1 Å². The summed E-state index contributed by atoms with van der Waals surface area (Å²) < 4.78 is 0. The van der Waals surface area contributed by atoms with Crippen LogP contribution in [0.3, 0.4) is 0 Å². The van der Waals surface area contributed by atoms with Gasteiger partial charge < -0.3 is 10.2 Å². The normalized spacial score (nSPS) is 20.4. The van der Waals surface area contributed by atoms with Gasteiger partial charge in [-0.1, -0.05) is 45.4 Å². The number of nitrogens with one attached hydrogen (secondary N) is 1. The number of hydrogen-bond donors (Lipinski definition) is 1. The molecule has 1 atom stereocenters. The third-order valence-corrected chi connectivity index (χ3v) is 5.05. The van der Waals surface area contributed by atoms with Gasteiger partial charge in [-0.05, 0) is 49.8 Å². The van der Waals surface area contributed by atoms with Crippen molar-refractivity contribution in [1.82, 2.24) is 5.32 Å². The van der Waals surface area contributed by atoms with E-state index in [2.05, 4.69) is 63.9 Å². The molecule has 2 nitrogen and oxygen atoms in total. The molecule has 3 heteroatoms. The summed E-state index contributed by atoms with van der Waals surface area (Å²) in [6.07, 6.45) is 2.35. The number of rotatable bonds is 5. The molecular weight excluding hydrogens is 292 g/mol. The Morgan fingerprint density at radius 1 is 1.36 bits per heavy atom. The lowest BCUT2D eigenvalue weighted by Crippen LogP contribution is -2.48. The van der Waals surface area contributed by atoms with Gasteiger partial charge >= 0.3 is 0 Å². The van der Waals surface area contributed by atoms with Crippen LogP contribution in [0.25, 0.3) is 0 Å². The fraction of sp³-hybridized carbons (Fsp3) is 0.684. The zero-order valence-electron chi connectivity index (χ0n) is 15.0. The molecular formula is C19H31ClN2. The van der Waals surface area contributed by atoms with Crippen LogP contribution < -0.4 is 10.2 Å². The smallest absolute Gasteiger partial charge is 0.0471 e. The maximum atomic E-state index is 6.58. The van der Waals surface area contributed by atoms with Gasteiger partial charge in [0.05, 0.1) is 0 Å². The third-order valence-electron chi connectivity index (χ3n) is 4.70. The zero-order valence-corrected chi connectivity index (χ0v) is 15.7. The summed E-state index contributed by atoms with van der Waals surface area (Å²) in [6, 6.07) is 5.00. The molecule has 0 bridgehead atoms. The van der Waals surface area contributed by atoms with Gasteiger partial charge in [0.15, 0.2) is 0 Å². The molecule has 0 saturated carbocycles. The second-order valence-corrected chi connectivity index (χ2v) is 8.01. The van der Waals surface area contributed by atoms with E-state index in [1.807, 2.05) is 0 Å². The highest BCUT2D eigenvalue weighted by Crippen LogP contribution is 2.45. The molecule has 0 fully saturated rings. The Balaban J connectivity index is 2.41. The second kappa shape index (κ2) is 6.80. The molecule has 1 heterocycles. The van der Waals surface area contributed by atoms with Crippen molar-refractivity contribution in [2.75, 3.05) is 11.4 Å². The first-order chi connectivity index (χ1) is 10.3. The van der Waals surface area contributed by atoms with Crippen molar-refractivity contribution in [3.63, 3.8) is 0 Å². The van der Waals surface area contributed by atoms with Crippen molar-refractivity contribution in [1.29, 1.82) is 0 Å². The van der Waals surface area contributed by atoms with Gasteiger partial charge in [-0.2, -0.15) is 0 Å². The minimum absolute atomic E-state index is 0.198. The topological polar surface area (TPSA) is 15.3 Å². The average molecular weight is 323 g/mol. The minimum Gasteiger partial charge on any atom is -0.366 e. The molecule has 1 aromatic rings. The number of halogens is 1. The third kappa shape index (κ3) is 3.60. The summed E-state index contributed by atoms with van der Waals surface area (Å²) in [5, 5.41) is 4.37. The molecule has 1 unspecified atom stereocenters. The molecule has 124 valence electrons.